The monoisotopic (exact) mass is 1530 g/mol. The van der Waals surface area contributed by atoms with Crippen LogP contribution in [0.1, 0.15) is 101 Å². The first-order valence-corrected chi connectivity index (χ1v) is 38.0. The molecule has 0 bridgehead atoms. The zero-order valence-corrected chi connectivity index (χ0v) is 67.2. The van der Waals surface area contributed by atoms with E-state index in [1.807, 2.05) is 211 Å². The molecule has 0 saturated heterocycles. The number of aryl methyl sites for hydroxylation is 20. The molecule has 0 spiro atoms. The molecule has 0 aliphatic rings. The lowest BCUT2D eigenvalue weighted by Crippen LogP contribution is -2.31. The van der Waals surface area contributed by atoms with Crippen molar-refractivity contribution in [2.75, 3.05) is 0 Å². The van der Waals surface area contributed by atoms with E-state index in [1.165, 1.54) is 22.4 Å². The molecule has 20 rings (SSSR count). The van der Waals surface area contributed by atoms with Gasteiger partial charge in [0.25, 0.3) is 0 Å². The minimum Gasteiger partial charge on any atom is -0.456 e. The van der Waals surface area contributed by atoms with Crippen LogP contribution in [0.5, 0.6) is 0 Å². The number of fused-ring (bicyclic) bond motifs is 15. The molecule has 15 aromatic heterocycles. The van der Waals surface area contributed by atoms with Crippen molar-refractivity contribution in [2.24, 2.45) is 35.2 Å². The van der Waals surface area contributed by atoms with Crippen molar-refractivity contribution in [3.8, 4) is 56.3 Å². The molecule has 0 unspecified atom stereocenters. The zero-order chi connectivity index (χ0) is 90.7. The van der Waals surface area contributed by atoms with Crippen molar-refractivity contribution in [1.82, 2.24) is 24.9 Å². The summed E-state index contributed by atoms with van der Waals surface area (Å²) in [4.78, 5) is 22.5. The van der Waals surface area contributed by atoms with Crippen LogP contribution in [0.4, 0.5) is 0 Å². The largest absolute Gasteiger partial charge is 0.456 e. The highest BCUT2D eigenvalue weighted by molar-refractivity contribution is 6.10. The number of hydrogen-bond acceptors (Lipinski definition) is 10. The first kappa shape index (κ1) is 62.2. The maximum Gasteiger partial charge on any atom is 0.227 e. The Labute approximate surface area is 685 Å². The molecule has 0 saturated carbocycles. The number of para-hydroxylation sites is 1. The second-order valence-electron chi connectivity index (χ2n) is 30.1. The maximum absolute atomic E-state index is 7.59. The minimum atomic E-state index is -2.11. The lowest BCUT2D eigenvalue weighted by atomic mass is 9.99. The topological polar surface area (TPSA) is 150 Å². The fraction of sp³-hybridized carbons (Fsp3) is 0.200. The average molecular weight is 1530 g/mol. The number of hydrogen-bond donors (Lipinski definition) is 0. The third-order valence-corrected chi connectivity index (χ3v) is 21.4. The van der Waals surface area contributed by atoms with E-state index < -0.39 is 27.4 Å². The second kappa shape index (κ2) is 30.3. The standard InChI is InChI=1S/5C20H19N2O/c1-12-5-8-18(22(4)11-12)16-10-17-15-7-6-14(3)21-20(15)23-19(17)9-13(16)2;1-12-5-7-17(22(4)11-12)15-10-16-19(9-13(15)2)23-18-8-6-14(3)21-20(16)18;1-12-5-6-18(22(4)11-12)15-9-16-17-10-21-14(3)8-20(17)23-19(16)7-13(15)2;1-12-5-6-18(22(4)11-12)15-9-17-16-8-14(3)21-10-20(16)23-19(17)7-13(15)2;1-12-9-10-16(22(4)11-12)18-13(2)19-15-7-5-6-8-17(15)23-20(19)21-14(18)3/h5*5-11H,1-4H3/q5*+1/i4*1D3;. The van der Waals surface area contributed by atoms with Gasteiger partial charge in [0.05, 0.1) is 22.8 Å². The third-order valence-electron chi connectivity index (χ3n) is 21.4. The first-order valence-electron chi connectivity index (χ1n) is 44.0. The number of aromatic nitrogens is 10. The Morgan fingerprint density at radius 1 is 0.287 bits per heavy atom. The van der Waals surface area contributed by atoms with Gasteiger partial charge in [0, 0.05) is 175 Å². The zero-order valence-electron chi connectivity index (χ0n) is 79.2. The van der Waals surface area contributed by atoms with Crippen molar-refractivity contribution in [1.29, 1.82) is 0 Å². The van der Waals surface area contributed by atoms with Crippen LogP contribution in [0.3, 0.4) is 0 Å². The van der Waals surface area contributed by atoms with Crippen LogP contribution in [-0.2, 0) is 35.2 Å². The number of benzene rings is 5. The minimum absolute atomic E-state index is 0.327. The fourth-order valence-corrected chi connectivity index (χ4v) is 15.7. The molecule has 0 aliphatic carbocycles. The van der Waals surface area contributed by atoms with Gasteiger partial charge in [-0.3, -0.25) is 9.97 Å². The summed E-state index contributed by atoms with van der Waals surface area (Å²) in [6.07, 6.45) is 12.4. The van der Waals surface area contributed by atoms with Gasteiger partial charge < -0.3 is 22.1 Å². The normalized spacial score (nSPS) is 13.5. The van der Waals surface area contributed by atoms with E-state index in [0.717, 1.165) is 200 Å². The van der Waals surface area contributed by atoms with Gasteiger partial charge in [-0.1, -0.05) is 18.2 Å². The molecule has 0 atom stereocenters. The summed E-state index contributed by atoms with van der Waals surface area (Å²) < 4.78 is 130. The summed E-state index contributed by atoms with van der Waals surface area (Å²) in [5.41, 5.74) is 31.8. The average Bonchev–Trinajstić information content (AvgIpc) is 1.69. The van der Waals surface area contributed by atoms with E-state index in [1.54, 1.807) is 55.2 Å². The van der Waals surface area contributed by atoms with E-state index in [9.17, 15) is 0 Å². The van der Waals surface area contributed by atoms with E-state index in [4.69, 9.17) is 43.5 Å². The highest BCUT2D eigenvalue weighted by atomic mass is 16.4. The Morgan fingerprint density at radius 2 is 0.696 bits per heavy atom. The smallest absolute Gasteiger partial charge is 0.227 e. The van der Waals surface area contributed by atoms with Crippen LogP contribution in [-0.4, -0.2) is 24.9 Å². The molecule has 0 radical (unpaired) electrons. The van der Waals surface area contributed by atoms with Crippen molar-refractivity contribution in [3.63, 3.8) is 0 Å². The summed E-state index contributed by atoms with van der Waals surface area (Å²) in [5.74, 6) is 0. The Bertz CT molecular complexity index is 7440. The van der Waals surface area contributed by atoms with Gasteiger partial charge >= 0.3 is 0 Å². The van der Waals surface area contributed by atoms with Gasteiger partial charge in [0.15, 0.2) is 42.2 Å². The summed E-state index contributed by atoms with van der Waals surface area (Å²) in [7, 11) is 9.55. The van der Waals surface area contributed by atoms with Gasteiger partial charge in [0.1, 0.15) is 74.3 Å². The molecule has 15 nitrogen and oxygen atoms in total. The van der Waals surface area contributed by atoms with Crippen LogP contribution >= 0.6 is 0 Å². The quantitative estimate of drug-likeness (QED) is 0.152. The summed E-state index contributed by atoms with van der Waals surface area (Å²) in [6, 6.07) is 54.9. The van der Waals surface area contributed by atoms with Gasteiger partial charge in [-0.2, -0.15) is 0 Å². The lowest BCUT2D eigenvalue weighted by Gasteiger charge is -2.09. The molecule has 0 amide bonds. The Kier molecular flexibility index (Phi) is 16.4. The fourth-order valence-electron chi connectivity index (χ4n) is 15.7. The molecule has 0 aliphatic heterocycles. The Hall–Kier alpha value is -13.4. The van der Waals surface area contributed by atoms with Gasteiger partial charge in [-0.15, -0.1) is 0 Å². The molecule has 570 valence electrons. The van der Waals surface area contributed by atoms with E-state index >= 15 is 0 Å². The molecule has 0 fully saturated rings. The predicted octanol–water partition coefficient (Wildman–Crippen LogP) is 22.0. The van der Waals surface area contributed by atoms with Crippen molar-refractivity contribution >= 4 is 110 Å². The number of rotatable bonds is 5. The lowest BCUT2D eigenvalue weighted by molar-refractivity contribution is -0.660. The van der Waals surface area contributed by atoms with Crippen LogP contribution in [0.15, 0.2) is 235 Å². The second-order valence-corrected chi connectivity index (χ2v) is 30.1. The van der Waals surface area contributed by atoms with Crippen molar-refractivity contribution < 1.29 is 61.4 Å². The Balaban J connectivity index is 0.000000117. The molecule has 15 heterocycles. The summed E-state index contributed by atoms with van der Waals surface area (Å²) in [5, 5.41) is 9.25. The van der Waals surface area contributed by atoms with Crippen molar-refractivity contribution in [3.05, 3.63) is 297 Å². The van der Waals surface area contributed by atoms with Gasteiger partial charge in [0.2, 0.25) is 39.9 Å². The molecule has 115 heavy (non-hydrogen) atoms. The number of pyridine rings is 10. The molecule has 15 heteroatoms. The third kappa shape index (κ3) is 14.6. The highest BCUT2D eigenvalue weighted by Crippen LogP contribution is 2.40. The molecule has 20 aromatic rings. The van der Waals surface area contributed by atoms with Gasteiger partial charge in [-0.05, 0) is 247 Å². The van der Waals surface area contributed by atoms with Crippen LogP contribution < -0.4 is 22.8 Å². The van der Waals surface area contributed by atoms with Gasteiger partial charge in [-0.25, -0.2) is 37.8 Å². The SMILES string of the molecule is Cc1ccc(-c2c(C)nc3oc4ccccc4c3c2C)[n+](C)c1.[2H]C([2H])([2H])c1ccc(-c2cc3c(cc2C)oc2cc(C)ncc23)[n+](C)c1.[2H]C([2H])([2H])c1ccc(-c2cc3c(cc2C)oc2ccc(C)nc23)[n+](C)c1.[2H]C([2H])([2H])c1ccc(-c2cc3c(cc2C)oc2cnc(C)cc23)[n+](C)c1.[2H]C([2H])([2H])c1ccc(-c2cc3c(cc2C)oc2nc(C)ccc23)[n+](C)c1. The first-order chi connectivity index (χ1) is 60.0. The van der Waals surface area contributed by atoms with Crippen LogP contribution in [0.25, 0.3) is 166 Å². The maximum atomic E-state index is 7.59. The summed E-state index contributed by atoms with van der Waals surface area (Å²) >= 11 is 0. The van der Waals surface area contributed by atoms with Crippen LogP contribution in [0, 0.1) is 104 Å². The van der Waals surface area contributed by atoms with E-state index in [2.05, 4.69) is 101 Å². The predicted molar refractivity (Wildman–Crippen MR) is 462 cm³/mol. The number of nitrogens with zero attached hydrogens (tertiary/aromatic N) is 10. The van der Waals surface area contributed by atoms with Crippen LogP contribution in [0.2, 0.25) is 0 Å². The van der Waals surface area contributed by atoms with Crippen molar-refractivity contribution in [2.45, 2.75) is 104 Å². The molecular weight excluding hydrogens is 1420 g/mol. The summed E-state index contributed by atoms with van der Waals surface area (Å²) in [6.45, 7) is 13.8. The van der Waals surface area contributed by atoms with E-state index in [0.29, 0.717) is 28.0 Å². The highest BCUT2D eigenvalue weighted by Gasteiger charge is 2.25. The number of furan rings is 5. The molecule has 0 N–H and O–H groups in total. The Morgan fingerprint density at radius 3 is 1.24 bits per heavy atom. The van der Waals surface area contributed by atoms with E-state index in [-0.39, 0.29) is 0 Å². The molecule has 5 aromatic carbocycles. The molecular formula is C100H95N10O5+5.